The lowest BCUT2D eigenvalue weighted by molar-refractivity contribution is 0.148. The first-order chi connectivity index (χ1) is 14.9. The summed E-state index contributed by atoms with van der Waals surface area (Å²) in [5.41, 5.74) is 1.74. The third kappa shape index (κ3) is 5.92. The Balaban J connectivity index is 1.47. The van der Waals surface area contributed by atoms with Crippen molar-refractivity contribution in [2.24, 2.45) is 5.92 Å². The lowest BCUT2D eigenvalue weighted by atomic mass is 9.77. The average Bonchev–Trinajstić information content (AvgIpc) is 2.77. The molecule has 1 aliphatic carbocycles. The van der Waals surface area contributed by atoms with E-state index in [0.29, 0.717) is 6.42 Å². The highest BCUT2D eigenvalue weighted by molar-refractivity contribution is 5.35. The lowest BCUT2D eigenvalue weighted by Crippen LogP contribution is -2.21. The molecule has 0 amide bonds. The zero-order chi connectivity index (χ0) is 22.4. The molecule has 2 nitrogen and oxygen atoms in total. The number of hydrogen-bond acceptors (Lipinski definition) is 2. The van der Waals surface area contributed by atoms with Crippen LogP contribution in [0, 0.1) is 23.4 Å². The summed E-state index contributed by atoms with van der Waals surface area (Å²) in [6.45, 7) is 3.54. The van der Waals surface area contributed by atoms with Crippen molar-refractivity contribution >= 4 is 0 Å². The van der Waals surface area contributed by atoms with E-state index in [4.69, 9.17) is 9.47 Å². The van der Waals surface area contributed by atoms with Crippen LogP contribution in [0.3, 0.4) is 0 Å². The van der Waals surface area contributed by atoms with Crippen LogP contribution in [-0.2, 0) is 6.42 Å². The van der Waals surface area contributed by atoms with E-state index in [1.807, 2.05) is 19.1 Å². The van der Waals surface area contributed by atoms with Crippen molar-refractivity contribution in [2.45, 2.75) is 64.5 Å². The fraction of sp³-hybridized carbons (Fsp3) is 0.520. The minimum atomic E-state index is -1.28. The van der Waals surface area contributed by atoms with Crippen LogP contribution in [0.5, 0.6) is 11.5 Å². The Morgan fingerprint density at radius 1 is 0.903 bits per heavy atom. The lowest BCUT2D eigenvalue weighted by Gasteiger charge is -2.30. The molecule has 0 spiro atoms. The maximum absolute atomic E-state index is 14.4. The third-order valence-corrected chi connectivity index (χ3v) is 6.08. The third-order valence-electron chi connectivity index (χ3n) is 6.08. The molecule has 31 heavy (non-hydrogen) atoms. The van der Waals surface area contributed by atoms with Gasteiger partial charge >= 0.3 is 0 Å². The van der Waals surface area contributed by atoms with E-state index in [1.54, 1.807) is 13.0 Å². The quantitative estimate of drug-likeness (QED) is 0.387. The zero-order valence-electron chi connectivity index (χ0n) is 18.1. The number of benzene rings is 2. The van der Waals surface area contributed by atoms with Crippen LogP contribution < -0.4 is 9.47 Å². The van der Waals surface area contributed by atoms with Crippen molar-refractivity contribution in [2.75, 3.05) is 13.2 Å². The highest BCUT2D eigenvalue weighted by atomic mass is 19.2. The SMILES string of the molecule is CCOc1ccc(OCC(F)CC2CCC(c3ccc(CC)cc3F)CC2)c(F)c1F. The van der Waals surface area contributed by atoms with Crippen LogP contribution in [0.25, 0.3) is 0 Å². The van der Waals surface area contributed by atoms with Crippen molar-refractivity contribution in [3.05, 3.63) is 58.9 Å². The van der Waals surface area contributed by atoms with E-state index < -0.39 is 17.8 Å². The molecule has 1 saturated carbocycles. The topological polar surface area (TPSA) is 18.5 Å². The van der Waals surface area contributed by atoms with Gasteiger partial charge in [0.15, 0.2) is 11.5 Å². The summed E-state index contributed by atoms with van der Waals surface area (Å²) in [7, 11) is 0. The Kier molecular flexibility index (Phi) is 8.22. The molecular weight excluding hydrogens is 408 g/mol. The largest absolute Gasteiger partial charge is 0.491 e. The number of hydrogen-bond donors (Lipinski definition) is 0. The van der Waals surface area contributed by atoms with Crippen LogP contribution >= 0.6 is 0 Å². The molecule has 1 aliphatic rings. The molecule has 0 radical (unpaired) electrons. The second-order valence-corrected chi connectivity index (χ2v) is 8.19. The van der Waals surface area contributed by atoms with Crippen LogP contribution in [0.1, 0.15) is 63.0 Å². The number of rotatable bonds is 9. The van der Waals surface area contributed by atoms with Crippen molar-refractivity contribution < 1.29 is 27.0 Å². The van der Waals surface area contributed by atoms with Gasteiger partial charge in [0.1, 0.15) is 18.6 Å². The molecule has 170 valence electrons. The van der Waals surface area contributed by atoms with Crippen molar-refractivity contribution in [3.8, 4) is 11.5 Å². The number of aryl methyl sites for hydroxylation is 1. The molecule has 2 aromatic carbocycles. The van der Waals surface area contributed by atoms with Gasteiger partial charge in [0.05, 0.1) is 6.61 Å². The predicted octanol–water partition coefficient (Wildman–Crippen LogP) is 7.15. The highest BCUT2D eigenvalue weighted by Crippen LogP contribution is 2.39. The average molecular weight is 439 g/mol. The van der Waals surface area contributed by atoms with Gasteiger partial charge in [-0.1, -0.05) is 19.1 Å². The monoisotopic (exact) mass is 438 g/mol. The number of ether oxygens (including phenoxy) is 2. The molecule has 1 unspecified atom stereocenters. The van der Waals surface area contributed by atoms with E-state index in [0.717, 1.165) is 43.2 Å². The Hall–Kier alpha value is -2.24. The Labute approximate surface area is 181 Å². The van der Waals surface area contributed by atoms with Gasteiger partial charge < -0.3 is 9.47 Å². The van der Waals surface area contributed by atoms with Crippen LogP contribution in [-0.4, -0.2) is 19.4 Å². The summed E-state index contributed by atoms with van der Waals surface area (Å²) in [5, 5.41) is 0. The summed E-state index contributed by atoms with van der Waals surface area (Å²) < 4.78 is 66.9. The van der Waals surface area contributed by atoms with Gasteiger partial charge in [0, 0.05) is 0 Å². The fourth-order valence-corrected chi connectivity index (χ4v) is 4.33. The van der Waals surface area contributed by atoms with E-state index >= 15 is 0 Å². The second kappa shape index (κ2) is 10.9. The van der Waals surface area contributed by atoms with Gasteiger partial charge in [0.25, 0.3) is 0 Å². The minimum Gasteiger partial charge on any atom is -0.491 e. The molecule has 0 N–H and O–H groups in total. The van der Waals surface area contributed by atoms with Gasteiger partial charge in [-0.3, -0.25) is 0 Å². The normalized spacial score (nSPS) is 19.8. The summed E-state index contributed by atoms with van der Waals surface area (Å²) in [6, 6.07) is 7.99. The first-order valence-corrected chi connectivity index (χ1v) is 11.1. The summed E-state index contributed by atoms with van der Waals surface area (Å²) >= 11 is 0. The molecule has 0 heterocycles. The van der Waals surface area contributed by atoms with E-state index in [9.17, 15) is 17.6 Å². The predicted molar refractivity (Wildman–Crippen MR) is 113 cm³/mol. The molecule has 0 saturated heterocycles. The molecule has 6 heteroatoms. The Morgan fingerprint density at radius 3 is 2.13 bits per heavy atom. The molecular formula is C25H30F4O2. The first-order valence-electron chi connectivity index (χ1n) is 11.1. The van der Waals surface area contributed by atoms with Gasteiger partial charge in [-0.15, -0.1) is 0 Å². The zero-order valence-corrected chi connectivity index (χ0v) is 18.1. The minimum absolute atomic E-state index is 0.149. The van der Waals surface area contributed by atoms with Crippen molar-refractivity contribution in [1.82, 2.24) is 0 Å². The summed E-state index contributed by atoms with van der Waals surface area (Å²) in [4.78, 5) is 0. The van der Waals surface area contributed by atoms with Gasteiger partial charge in [-0.25, -0.2) is 8.78 Å². The maximum atomic E-state index is 14.4. The molecule has 0 aromatic heterocycles. The molecule has 0 aliphatic heterocycles. The summed E-state index contributed by atoms with van der Waals surface area (Å²) in [5.74, 6) is -2.63. The first kappa shape index (κ1) is 23.4. The second-order valence-electron chi connectivity index (χ2n) is 8.19. The van der Waals surface area contributed by atoms with E-state index in [2.05, 4.69) is 0 Å². The maximum Gasteiger partial charge on any atom is 0.204 e. The molecule has 1 fully saturated rings. The number of alkyl halides is 1. The van der Waals surface area contributed by atoms with Crippen LogP contribution in [0.15, 0.2) is 30.3 Å². The van der Waals surface area contributed by atoms with Crippen LogP contribution in [0.4, 0.5) is 17.6 Å². The van der Waals surface area contributed by atoms with E-state index in [1.165, 1.54) is 12.1 Å². The number of halogens is 4. The van der Waals surface area contributed by atoms with Crippen LogP contribution in [0.2, 0.25) is 0 Å². The molecule has 3 rings (SSSR count). The molecule has 2 aromatic rings. The van der Waals surface area contributed by atoms with Crippen molar-refractivity contribution in [3.63, 3.8) is 0 Å². The molecule has 1 atom stereocenters. The summed E-state index contributed by atoms with van der Waals surface area (Å²) in [6.07, 6.45) is 3.08. The molecule has 0 bridgehead atoms. The van der Waals surface area contributed by atoms with Gasteiger partial charge in [-0.05, 0) is 86.6 Å². The van der Waals surface area contributed by atoms with Gasteiger partial charge in [0.2, 0.25) is 11.6 Å². The standard InChI is InChI=1S/C25H30F4O2/c1-3-16-7-10-20(21(27)14-16)18-8-5-17(6-9-18)13-19(26)15-31-23-12-11-22(30-4-2)24(28)25(23)29/h7,10-12,14,17-19H,3-6,8-9,13,15H2,1-2H3. The van der Waals surface area contributed by atoms with Crippen molar-refractivity contribution in [1.29, 1.82) is 0 Å². The Bertz CT molecular complexity index is 863. The smallest absolute Gasteiger partial charge is 0.204 e. The van der Waals surface area contributed by atoms with E-state index in [-0.39, 0.29) is 42.4 Å². The van der Waals surface area contributed by atoms with Gasteiger partial charge in [-0.2, -0.15) is 8.78 Å². The Morgan fingerprint density at radius 2 is 1.55 bits per heavy atom. The highest BCUT2D eigenvalue weighted by Gasteiger charge is 2.27. The fourth-order valence-electron chi connectivity index (χ4n) is 4.33.